The third-order valence-corrected chi connectivity index (χ3v) is 7.42. The summed E-state index contributed by atoms with van der Waals surface area (Å²) in [5.74, 6) is -0.100. The summed E-state index contributed by atoms with van der Waals surface area (Å²) >= 11 is 0. The third-order valence-electron chi connectivity index (χ3n) is 5.16. The van der Waals surface area contributed by atoms with E-state index in [9.17, 15) is 4.57 Å². The highest BCUT2D eigenvalue weighted by atomic mass is 31.2. The molecule has 1 aliphatic rings. The second-order valence-corrected chi connectivity index (χ2v) is 9.34. The number of benzene rings is 2. The fraction of sp³-hybridized carbons (Fsp3) is 0.429. The van der Waals surface area contributed by atoms with Crippen molar-refractivity contribution in [3.63, 3.8) is 0 Å². The first-order chi connectivity index (χ1) is 13.6. The molecule has 0 amide bonds. The first-order valence-electron chi connectivity index (χ1n) is 9.69. The van der Waals surface area contributed by atoms with E-state index in [1.165, 1.54) is 20.6 Å². The van der Waals surface area contributed by atoms with Crippen LogP contribution in [0.1, 0.15) is 32.1 Å². The van der Waals surface area contributed by atoms with Gasteiger partial charge in [0.1, 0.15) is 5.78 Å². The highest BCUT2D eigenvalue weighted by molar-refractivity contribution is 7.54. The minimum Gasteiger partial charge on any atom is -0.371 e. The molecule has 1 aliphatic carbocycles. The first-order valence-corrected chi connectivity index (χ1v) is 11.3. The van der Waals surface area contributed by atoms with Gasteiger partial charge in [0.15, 0.2) is 0 Å². The van der Waals surface area contributed by atoms with Crippen molar-refractivity contribution in [3.8, 4) is 0 Å². The average Bonchev–Trinajstić information content (AvgIpc) is 2.77. The second-order valence-electron chi connectivity index (χ2n) is 6.97. The van der Waals surface area contributed by atoms with Gasteiger partial charge in [-0.2, -0.15) is 10.2 Å². The van der Waals surface area contributed by atoms with Crippen LogP contribution in [0.5, 0.6) is 0 Å². The topological polar surface area (TPSA) is 72.3 Å². The first kappa shape index (κ1) is 20.7. The van der Waals surface area contributed by atoms with Crippen molar-refractivity contribution in [2.24, 2.45) is 16.1 Å². The predicted octanol–water partition coefficient (Wildman–Crippen LogP) is 6.91. The molecule has 3 rings (SSSR count). The zero-order chi connectivity index (χ0) is 19.8. The van der Waals surface area contributed by atoms with Gasteiger partial charge in [0.2, 0.25) is 0 Å². The van der Waals surface area contributed by atoms with Crippen LogP contribution >= 0.6 is 7.60 Å². The van der Waals surface area contributed by atoms with Crippen molar-refractivity contribution >= 4 is 24.7 Å². The van der Waals surface area contributed by atoms with E-state index in [0.29, 0.717) is 0 Å². The molecule has 1 saturated carbocycles. The van der Waals surface area contributed by atoms with Crippen molar-refractivity contribution in [1.82, 2.24) is 0 Å². The molecular formula is C21H28N3O3P. The Bertz CT molecular complexity index is 797. The molecule has 0 radical (unpaired) electrons. The third kappa shape index (κ3) is 5.28. The van der Waals surface area contributed by atoms with Crippen molar-refractivity contribution < 1.29 is 13.6 Å². The van der Waals surface area contributed by atoms with Crippen LogP contribution in [0.15, 0.2) is 64.8 Å². The van der Waals surface area contributed by atoms with Crippen LogP contribution in [0.4, 0.5) is 17.1 Å². The Morgan fingerprint density at radius 1 is 0.893 bits per heavy atom. The summed E-state index contributed by atoms with van der Waals surface area (Å²) in [6, 6.07) is 17.2. The van der Waals surface area contributed by atoms with Crippen molar-refractivity contribution in [2.75, 3.05) is 19.5 Å². The lowest BCUT2D eigenvalue weighted by molar-refractivity contribution is 0.244. The molecule has 0 aromatic heterocycles. The maximum Gasteiger partial charge on any atom is 0.352 e. The van der Waals surface area contributed by atoms with Crippen LogP contribution in [-0.2, 0) is 13.6 Å². The quantitative estimate of drug-likeness (QED) is 0.385. The number of azo groups is 1. The minimum atomic E-state index is -3.24. The van der Waals surface area contributed by atoms with Gasteiger partial charge in [-0.1, -0.05) is 37.5 Å². The monoisotopic (exact) mass is 401 g/mol. The molecule has 1 atom stereocenters. The smallest absolute Gasteiger partial charge is 0.352 e. The standard InChI is InChI=1S/C21H28N3O3P/c1-26-28(25,27-2)21(17-9-5-3-6-10-17)22-18-13-15-20(16-14-18)24-23-19-11-7-4-8-12-19/h4,7-8,11-17,21-22H,3,5-6,9-10H2,1-2H3. The number of anilines is 1. The van der Waals surface area contributed by atoms with E-state index in [4.69, 9.17) is 9.05 Å². The summed E-state index contributed by atoms with van der Waals surface area (Å²) in [7, 11) is -0.336. The SMILES string of the molecule is COP(=O)(OC)C(Nc1ccc(N=Nc2ccccc2)cc1)C1CCCCC1. The molecule has 0 bridgehead atoms. The number of rotatable bonds is 8. The van der Waals surface area contributed by atoms with Crippen LogP contribution in [0, 0.1) is 5.92 Å². The second kappa shape index (κ2) is 9.97. The van der Waals surface area contributed by atoms with Gasteiger partial charge in [0, 0.05) is 19.9 Å². The van der Waals surface area contributed by atoms with Gasteiger partial charge in [0.05, 0.1) is 11.4 Å². The molecule has 7 heteroatoms. The number of hydrogen-bond acceptors (Lipinski definition) is 6. The lowest BCUT2D eigenvalue weighted by atomic mass is 9.89. The fourth-order valence-corrected chi connectivity index (χ4v) is 5.34. The number of hydrogen-bond donors (Lipinski definition) is 1. The number of nitrogens with one attached hydrogen (secondary N) is 1. The van der Waals surface area contributed by atoms with Gasteiger partial charge in [-0.3, -0.25) is 4.57 Å². The summed E-state index contributed by atoms with van der Waals surface area (Å²) in [5.41, 5.74) is 2.43. The summed E-state index contributed by atoms with van der Waals surface area (Å²) in [6.45, 7) is 0. The maximum atomic E-state index is 13.1. The zero-order valence-corrected chi connectivity index (χ0v) is 17.3. The molecule has 0 saturated heterocycles. The Labute approximate surface area is 166 Å². The summed E-state index contributed by atoms with van der Waals surface area (Å²) < 4.78 is 23.8. The Hall–Kier alpha value is -2.01. The van der Waals surface area contributed by atoms with E-state index in [2.05, 4.69) is 15.5 Å². The maximum absolute atomic E-state index is 13.1. The molecule has 0 spiro atoms. The van der Waals surface area contributed by atoms with Gasteiger partial charge in [-0.05, 0) is 55.2 Å². The minimum absolute atomic E-state index is 0.261. The Morgan fingerprint density at radius 2 is 1.46 bits per heavy atom. The molecule has 1 fully saturated rings. The van der Waals surface area contributed by atoms with E-state index in [0.717, 1.165) is 42.7 Å². The lowest BCUT2D eigenvalue weighted by Gasteiger charge is -2.34. The largest absolute Gasteiger partial charge is 0.371 e. The molecule has 28 heavy (non-hydrogen) atoms. The summed E-state index contributed by atoms with van der Waals surface area (Å²) in [6.07, 6.45) is 5.58. The molecule has 6 nitrogen and oxygen atoms in total. The van der Waals surface area contributed by atoms with Gasteiger partial charge in [-0.25, -0.2) is 0 Å². The molecular weight excluding hydrogens is 373 g/mol. The van der Waals surface area contributed by atoms with Gasteiger partial charge < -0.3 is 14.4 Å². The highest BCUT2D eigenvalue weighted by Gasteiger charge is 2.40. The van der Waals surface area contributed by atoms with Crippen LogP contribution in [-0.4, -0.2) is 20.0 Å². The Kier molecular flexibility index (Phi) is 7.37. The van der Waals surface area contributed by atoms with E-state index in [1.807, 2.05) is 54.6 Å². The van der Waals surface area contributed by atoms with Gasteiger partial charge in [-0.15, -0.1) is 0 Å². The van der Waals surface area contributed by atoms with Gasteiger partial charge >= 0.3 is 7.60 Å². The van der Waals surface area contributed by atoms with Crippen LogP contribution in [0.2, 0.25) is 0 Å². The van der Waals surface area contributed by atoms with E-state index in [-0.39, 0.29) is 11.7 Å². The van der Waals surface area contributed by atoms with Crippen LogP contribution < -0.4 is 5.32 Å². The van der Waals surface area contributed by atoms with E-state index >= 15 is 0 Å². The normalized spacial score (nSPS) is 16.9. The van der Waals surface area contributed by atoms with Gasteiger partial charge in [0.25, 0.3) is 0 Å². The van der Waals surface area contributed by atoms with E-state index < -0.39 is 7.60 Å². The fourth-order valence-electron chi connectivity index (χ4n) is 3.61. The van der Waals surface area contributed by atoms with Crippen molar-refractivity contribution in [3.05, 3.63) is 54.6 Å². The van der Waals surface area contributed by atoms with E-state index in [1.54, 1.807) is 0 Å². The molecule has 150 valence electrons. The van der Waals surface area contributed by atoms with Crippen molar-refractivity contribution in [2.45, 2.75) is 37.9 Å². The van der Waals surface area contributed by atoms with Crippen LogP contribution in [0.25, 0.3) is 0 Å². The lowest BCUT2D eigenvalue weighted by Crippen LogP contribution is -2.31. The molecule has 2 aromatic rings. The summed E-state index contributed by atoms with van der Waals surface area (Å²) in [5, 5.41) is 11.9. The predicted molar refractivity (Wildman–Crippen MR) is 113 cm³/mol. The average molecular weight is 401 g/mol. The molecule has 1 N–H and O–H groups in total. The number of nitrogens with zero attached hydrogens (tertiary/aromatic N) is 2. The molecule has 0 heterocycles. The van der Waals surface area contributed by atoms with Crippen molar-refractivity contribution in [1.29, 1.82) is 0 Å². The molecule has 1 unspecified atom stereocenters. The molecule has 0 aliphatic heterocycles. The summed E-state index contributed by atoms with van der Waals surface area (Å²) in [4.78, 5) is 0. The Morgan fingerprint density at radius 3 is 2.04 bits per heavy atom. The zero-order valence-electron chi connectivity index (χ0n) is 16.5. The molecule has 2 aromatic carbocycles. The Balaban J connectivity index is 1.73. The highest BCUT2D eigenvalue weighted by Crippen LogP contribution is 2.56. The van der Waals surface area contributed by atoms with Crippen LogP contribution in [0.3, 0.4) is 0 Å².